The quantitative estimate of drug-likeness (QED) is 0.598. The van der Waals surface area contributed by atoms with E-state index in [9.17, 15) is 17.6 Å². The lowest BCUT2D eigenvalue weighted by molar-refractivity contribution is 0.0788. The maximum Gasteiger partial charge on any atom is 0.261 e. The Balaban J connectivity index is 2.97. The Morgan fingerprint density at radius 2 is 2.00 bits per heavy atom. The molecule has 0 spiro atoms. The van der Waals surface area contributed by atoms with Crippen molar-refractivity contribution < 1.29 is 17.6 Å². The first-order valence-corrected chi connectivity index (χ1v) is 8.58. The third-order valence-electron chi connectivity index (χ3n) is 2.89. The molecule has 0 aliphatic heterocycles. The summed E-state index contributed by atoms with van der Waals surface area (Å²) in [7, 11) is 2.76. The van der Waals surface area contributed by atoms with Crippen LogP contribution in [0, 0.1) is 5.82 Å². The van der Waals surface area contributed by atoms with Crippen LogP contribution in [-0.4, -0.2) is 32.8 Å². The van der Waals surface area contributed by atoms with Gasteiger partial charge in [0.25, 0.3) is 15.0 Å². The summed E-state index contributed by atoms with van der Waals surface area (Å²) >= 11 is 0. The number of carbonyl (C=O) groups excluding carboxylic acids is 1. The van der Waals surface area contributed by atoms with Crippen molar-refractivity contribution in [1.29, 1.82) is 0 Å². The highest BCUT2D eigenvalue weighted by Crippen LogP contribution is 2.19. The number of amides is 1. The molecule has 0 fully saturated rings. The average molecular weight is 322 g/mol. The van der Waals surface area contributed by atoms with E-state index in [1.807, 2.05) is 6.92 Å². The SMILES string of the molecule is CCCCCN(C)C(=O)c1cc(S(=O)(=O)Cl)ccc1F. The van der Waals surface area contributed by atoms with Gasteiger partial charge in [0.05, 0.1) is 10.5 Å². The van der Waals surface area contributed by atoms with E-state index in [1.54, 1.807) is 7.05 Å². The van der Waals surface area contributed by atoms with Gasteiger partial charge < -0.3 is 4.90 Å². The van der Waals surface area contributed by atoms with Crippen LogP contribution in [0.4, 0.5) is 4.39 Å². The Labute approximate surface area is 123 Å². The predicted octanol–water partition coefficient (Wildman–Crippen LogP) is 3.02. The summed E-state index contributed by atoms with van der Waals surface area (Å²) in [6.07, 6.45) is 2.79. The maximum absolute atomic E-state index is 13.7. The molecule has 1 aromatic rings. The Hall–Kier alpha value is -1.14. The fourth-order valence-corrected chi connectivity index (χ4v) is 2.50. The van der Waals surface area contributed by atoms with Crippen LogP contribution >= 0.6 is 10.7 Å². The lowest BCUT2D eigenvalue weighted by Gasteiger charge is -2.17. The molecular formula is C13H17ClFNO3S. The first kappa shape index (κ1) is 16.9. The van der Waals surface area contributed by atoms with Gasteiger partial charge in [0.1, 0.15) is 5.82 Å². The van der Waals surface area contributed by atoms with E-state index in [0.29, 0.717) is 6.54 Å². The molecule has 4 nitrogen and oxygen atoms in total. The van der Waals surface area contributed by atoms with Crippen LogP contribution in [0.1, 0.15) is 36.5 Å². The summed E-state index contributed by atoms with van der Waals surface area (Å²) < 4.78 is 36.1. The van der Waals surface area contributed by atoms with Crippen molar-refractivity contribution in [3.8, 4) is 0 Å². The van der Waals surface area contributed by atoms with Crippen molar-refractivity contribution >= 4 is 25.6 Å². The molecule has 0 saturated heterocycles. The minimum absolute atomic E-state index is 0.286. The Bertz CT molecular complexity index is 589. The van der Waals surface area contributed by atoms with Gasteiger partial charge in [-0.25, -0.2) is 12.8 Å². The predicted molar refractivity (Wildman–Crippen MR) is 75.9 cm³/mol. The molecular weight excluding hydrogens is 305 g/mol. The normalized spacial score (nSPS) is 11.4. The molecule has 0 unspecified atom stereocenters. The highest BCUT2D eigenvalue weighted by molar-refractivity contribution is 8.13. The van der Waals surface area contributed by atoms with Crippen LogP contribution in [0.3, 0.4) is 0 Å². The van der Waals surface area contributed by atoms with Gasteiger partial charge in [0, 0.05) is 24.3 Å². The zero-order valence-corrected chi connectivity index (χ0v) is 13.0. The van der Waals surface area contributed by atoms with Crippen LogP contribution in [0.15, 0.2) is 23.1 Å². The molecule has 1 aromatic carbocycles. The van der Waals surface area contributed by atoms with Gasteiger partial charge in [-0.2, -0.15) is 0 Å². The maximum atomic E-state index is 13.7. The van der Waals surface area contributed by atoms with Gasteiger partial charge in [-0.15, -0.1) is 0 Å². The molecule has 0 aromatic heterocycles. The molecule has 0 saturated carbocycles. The third-order valence-corrected chi connectivity index (χ3v) is 4.25. The molecule has 0 atom stereocenters. The van der Waals surface area contributed by atoms with Crippen molar-refractivity contribution in [3.63, 3.8) is 0 Å². The minimum atomic E-state index is -3.99. The number of nitrogens with zero attached hydrogens (tertiary/aromatic N) is 1. The molecule has 0 heterocycles. The van der Waals surface area contributed by atoms with Crippen molar-refractivity contribution in [2.24, 2.45) is 0 Å². The molecule has 0 aliphatic carbocycles. The largest absolute Gasteiger partial charge is 0.342 e. The molecule has 1 rings (SSSR count). The average Bonchev–Trinajstić information content (AvgIpc) is 2.37. The number of unbranched alkanes of at least 4 members (excludes halogenated alkanes) is 2. The van der Waals surface area contributed by atoms with Crippen LogP contribution < -0.4 is 0 Å². The highest BCUT2D eigenvalue weighted by Gasteiger charge is 2.20. The second-order valence-corrected chi connectivity index (χ2v) is 7.08. The monoisotopic (exact) mass is 321 g/mol. The van der Waals surface area contributed by atoms with Crippen LogP contribution in [0.5, 0.6) is 0 Å². The molecule has 7 heteroatoms. The lowest BCUT2D eigenvalue weighted by Crippen LogP contribution is -2.28. The van der Waals surface area contributed by atoms with Crippen molar-refractivity contribution in [1.82, 2.24) is 4.90 Å². The van der Waals surface area contributed by atoms with Gasteiger partial charge in [-0.05, 0) is 24.6 Å². The first-order chi connectivity index (χ1) is 9.27. The highest BCUT2D eigenvalue weighted by atomic mass is 35.7. The van der Waals surface area contributed by atoms with Crippen molar-refractivity contribution in [2.75, 3.05) is 13.6 Å². The van der Waals surface area contributed by atoms with E-state index in [1.165, 1.54) is 4.90 Å². The molecule has 0 bridgehead atoms. The zero-order chi connectivity index (χ0) is 15.3. The van der Waals surface area contributed by atoms with Crippen LogP contribution in [0.25, 0.3) is 0 Å². The number of halogens is 2. The van der Waals surface area contributed by atoms with Gasteiger partial charge in [0.15, 0.2) is 0 Å². The summed E-state index contributed by atoms with van der Waals surface area (Å²) in [6.45, 7) is 2.53. The van der Waals surface area contributed by atoms with Crippen LogP contribution in [0.2, 0.25) is 0 Å². The minimum Gasteiger partial charge on any atom is -0.342 e. The topological polar surface area (TPSA) is 54.5 Å². The molecule has 0 aliphatic rings. The smallest absolute Gasteiger partial charge is 0.261 e. The fraction of sp³-hybridized carbons (Fsp3) is 0.462. The van der Waals surface area contributed by atoms with E-state index in [2.05, 4.69) is 0 Å². The van der Waals surface area contributed by atoms with Gasteiger partial charge >= 0.3 is 0 Å². The van der Waals surface area contributed by atoms with E-state index < -0.39 is 20.8 Å². The second-order valence-electron chi connectivity index (χ2n) is 4.51. The number of benzene rings is 1. The van der Waals surface area contributed by atoms with Gasteiger partial charge in [-0.3, -0.25) is 4.79 Å². The number of carbonyl (C=O) groups is 1. The van der Waals surface area contributed by atoms with Gasteiger partial charge in [0.2, 0.25) is 0 Å². The zero-order valence-electron chi connectivity index (χ0n) is 11.4. The lowest BCUT2D eigenvalue weighted by atomic mass is 10.1. The summed E-state index contributed by atoms with van der Waals surface area (Å²) in [6, 6.07) is 2.93. The van der Waals surface area contributed by atoms with E-state index in [4.69, 9.17) is 10.7 Å². The van der Waals surface area contributed by atoms with Gasteiger partial charge in [-0.1, -0.05) is 19.8 Å². The molecule has 20 heavy (non-hydrogen) atoms. The Morgan fingerprint density at radius 3 is 2.55 bits per heavy atom. The third kappa shape index (κ3) is 4.45. The first-order valence-electron chi connectivity index (χ1n) is 6.27. The van der Waals surface area contributed by atoms with E-state index in [-0.39, 0.29) is 10.5 Å². The number of hydrogen-bond donors (Lipinski definition) is 0. The Kier molecular flexibility index (Phi) is 5.95. The molecule has 0 radical (unpaired) electrons. The summed E-state index contributed by atoms with van der Waals surface area (Å²) in [5.74, 6) is -1.32. The van der Waals surface area contributed by atoms with E-state index >= 15 is 0 Å². The molecule has 0 N–H and O–H groups in total. The molecule has 112 valence electrons. The summed E-state index contributed by atoms with van der Waals surface area (Å²) in [4.78, 5) is 13.2. The van der Waals surface area contributed by atoms with E-state index in [0.717, 1.165) is 37.5 Å². The summed E-state index contributed by atoms with van der Waals surface area (Å²) in [5, 5.41) is 0. The van der Waals surface area contributed by atoms with Crippen LogP contribution in [-0.2, 0) is 9.05 Å². The number of rotatable bonds is 6. The fourth-order valence-electron chi connectivity index (χ4n) is 1.73. The van der Waals surface area contributed by atoms with Crippen molar-refractivity contribution in [2.45, 2.75) is 31.1 Å². The Morgan fingerprint density at radius 1 is 1.35 bits per heavy atom. The summed E-state index contributed by atoms with van der Waals surface area (Å²) in [5.41, 5.74) is -0.286. The standard InChI is InChI=1S/C13H17ClFNO3S/c1-3-4-5-8-16(2)13(17)11-9-10(20(14,18)19)6-7-12(11)15/h6-7,9H,3-5,8H2,1-2H3. The molecule has 1 amide bonds. The van der Waals surface area contributed by atoms with Crippen molar-refractivity contribution in [3.05, 3.63) is 29.6 Å². The second kappa shape index (κ2) is 7.04. The number of hydrogen-bond acceptors (Lipinski definition) is 3.